The molecule has 0 atom stereocenters. The van der Waals surface area contributed by atoms with Gasteiger partial charge in [-0.05, 0) is 30.3 Å². The molecule has 1 N–H and O–H groups in total. The fraction of sp³-hybridized carbons (Fsp3) is 0.263. The summed E-state index contributed by atoms with van der Waals surface area (Å²) in [5, 5.41) is 3.98. The number of methoxy groups -OCH3 is 5. The number of hydrogen-bond donors (Lipinski definition) is 1. The quantitative estimate of drug-likeness (QED) is 0.564. The molecule has 0 bridgehead atoms. The third-order valence-electron chi connectivity index (χ3n) is 3.75. The summed E-state index contributed by atoms with van der Waals surface area (Å²) in [6, 6.07) is 8.30. The third kappa shape index (κ3) is 4.41. The standard InChI is InChI=1S/C19H22N2O6/c1-23-14-8-6-12(10-16(14)25-3)19(22)21-20-11-13-7-9-15(24-2)18(27-5)17(13)26-4/h6-11H,1-5H3,(H,21,22)/b20-11+. The number of amides is 1. The zero-order valence-electron chi connectivity index (χ0n) is 15.9. The minimum Gasteiger partial charge on any atom is -0.493 e. The van der Waals surface area contributed by atoms with Gasteiger partial charge in [-0.1, -0.05) is 0 Å². The fourth-order valence-corrected chi connectivity index (χ4v) is 2.43. The summed E-state index contributed by atoms with van der Waals surface area (Å²) in [7, 11) is 7.59. The lowest BCUT2D eigenvalue weighted by Crippen LogP contribution is -2.17. The van der Waals surface area contributed by atoms with Crippen LogP contribution >= 0.6 is 0 Å². The molecule has 27 heavy (non-hydrogen) atoms. The molecule has 1 amide bonds. The molecule has 0 aliphatic rings. The molecular weight excluding hydrogens is 352 g/mol. The minimum atomic E-state index is -0.397. The number of rotatable bonds is 8. The van der Waals surface area contributed by atoms with Gasteiger partial charge < -0.3 is 23.7 Å². The number of carbonyl (C=O) groups excluding carboxylic acids is 1. The number of hydrogen-bond acceptors (Lipinski definition) is 7. The average Bonchev–Trinajstić information content (AvgIpc) is 2.72. The van der Waals surface area contributed by atoms with Crippen LogP contribution in [0.25, 0.3) is 0 Å². The Morgan fingerprint density at radius 3 is 2.04 bits per heavy atom. The Balaban J connectivity index is 2.19. The van der Waals surface area contributed by atoms with Crippen molar-refractivity contribution in [3.8, 4) is 28.7 Å². The van der Waals surface area contributed by atoms with Gasteiger partial charge in [0, 0.05) is 11.1 Å². The van der Waals surface area contributed by atoms with Crippen LogP contribution in [-0.4, -0.2) is 47.7 Å². The van der Waals surface area contributed by atoms with Crippen molar-refractivity contribution in [2.24, 2.45) is 5.10 Å². The molecule has 2 aromatic rings. The van der Waals surface area contributed by atoms with Crippen molar-refractivity contribution in [2.45, 2.75) is 0 Å². The maximum atomic E-state index is 12.3. The first kappa shape index (κ1) is 19.9. The summed E-state index contributed by atoms with van der Waals surface area (Å²) >= 11 is 0. The molecule has 8 heteroatoms. The highest BCUT2D eigenvalue weighted by molar-refractivity contribution is 5.96. The summed E-state index contributed by atoms with van der Waals surface area (Å²) in [6.07, 6.45) is 1.46. The second-order valence-electron chi connectivity index (χ2n) is 5.19. The number of nitrogens with zero attached hydrogens (tertiary/aromatic N) is 1. The molecule has 0 spiro atoms. The van der Waals surface area contributed by atoms with Gasteiger partial charge >= 0.3 is 0 Å². The number of benzene rings is 2. The molecule has 0 heterocycles. The summed E-state index contributed by atoms with van der Waals surface area (Å²) in [5.74, 6) is 2.01. The van der Waals surface area contributed by atoms with E-state index in [1.165, 1.54) is 41.8 Å². The van der Waals surface area contributed by atoms with Gasteiger partial charge in [-0.3, -0.25) is 4.79 Å². The fourth-order valence-electron chi connectivity index (χ4n) is 2.43. The van der Waals surface area contributed by atoms with Crippen molar-refractivity contribution in [3.63, 3.8) is 0 Å². The predicted octanol–water partition coefficient (Wildman–Crippen LogP) is 2.49. The smallest absolute Gasteiger partial charge is 0.271 e. The Hall–Kier alpha value is -3.42. The largest absolute Gasteiger partial charge is 0.493 e. The second kappa shape index (κ2) is 9.33. The molecule has 0 saturated carbocycles. The van der Waals surface area contributed by atoms with Gasteiger partial charge in [0.2, 0.25) is 5.75 Å². The van der Waals surface area contributed by atoms with Crippen LogP contribution in [0.4, 0.5) is 0 Å². The van der Waals surface area contributed by atoms with Crippen LogP contribution in [-0.2, 0) is 0 Å². The van der Waals surface area contributed by atoms with E-state index >= 15 is 0 Å². The number of ether oxygens (including phenoxy) is 5. The molecule has 144 valence electrons. The monoisotopic (exact) mass is 374 g/mol. The Bertz CT molecular complexity index is 835. The molecule has 0 aliphatic heterocycles. The number of nitrogens with one attached hydrogen (secondary N) is 1. The summed E-state index contributed by atoms with van der Waals surface area (Å²) in [4.78, 5) is 12.3. The van der Waals surface area contributed by atoms with E-state index in [-0.39, 0.29) is 0 Å². The molecule has 8 nitrogen and oxygen atoms in total. The Labute approximate surface area is 157 Å². The van der Waals surface area contributed by atoms with Crippen LogP contribution in [0.2, 0.25) is 0 Å². The van der Waals surface area contributed by atoms with Gasteiger partial charge in [-0.2, -0.15) is 5.10 Å². The normalized spacial score (nSPS) is 10.4. The van der Waals surface area contributed by atoms with Crippen LogP contribution in [0.3, 0.4) is 0 Å². The van der Waals surface area contributed by atoms with E-state index in [4.69, 9.17) is 23.7 Å². The molecule has 0 unspecified atom stereocenters. The lowest BCUT2D eigenvalue weighted by molar-refractivity contribution is 0.0954. The first-order chi connectivity index (χ1) is 13.1. The molecule has 2 aromatic carbocycles. The Morgan fingerprint density at radius 2 is 1.44 bits per heavy atom. The number of carbonyl (C=O) groups is 1. The summed E-state index contributed by atoms with van der Waals surface area (Å²) < 4.78 is 26.3. The number of hydrazone groups is 1. The average molecular weight is 374 g/mol. The zero-order chi connectivity index (χ0) is 19.8. The maximum absolute atomic E-state index is 12.3. The van der Waals surface area contributed by atoms with Crippen molar-refractivity contribution in [3.05, 3.63) is 41.5 Å². The van der Waals surface area contributed by atoms with E-state index in [1.54, 1.807) is 30.3 Å². The first-order valence-electron chi connectivity index (χ1n) is 7.94. The Kier molecular flexibility index (Phi) is 6.87. The molecule has 0 fully saturated rings. The van der Waals surface area contributed by atoms with Crippen LogP contribution in [0.1, 0.15) is 15.9 Å². The molecule has 0 aromatic heterocycles. The summed E-state index contributed by atoms with van der Waals surface area (Å²) in [6.45, 7) is 0. The third-order valence-corrected chi connectivity index (χ3v) is 3.75. The zero-order valence-corrected chi connectivity index (χ0v) is 15.9. The van der Waals surface area contributed by atoms with E-state index in [9.17, 15) is 4.79 Å². The van der Waals surface area contributed by atoms with Crippen molar-refractivity contribution >= 4 is 12.1 Å². The molecule has 0 aliphatic carbocycles. The second-order valence-corrected chi connectivity index (χ2v) is 5.19. The van der Waals surface area contributed by atoms with Crippen LogP contribution in [0, 0.1) is 0 Å². The van der Waals surface area contributed by atoms with Crippen LogP contribution in [0.5, 0.6) is 28.7 Å². The predicted molar refractivity (Wildman–Crippen MR) is 101 cm³/mol. The van der Waals surface area contributed by atoms with E-state index in [1.807, 2.05) is 0 Å². The molecule has 0 radical (unpaired) electrons. The molecular formula is C19H22N2O6. The van der Waals surface area contributed by atoms with E-state index < -0.39 is 5.91 Å². The van der Waals surface area contributed by atoms with Gasteiger partial charge in [0.25, 0.3) is 5.91 Å². The molecule has 2 rings (SSSR count). The van der Waals surface area contributed by atoms with Gasteiger partial charge in [0.1, 0.15) is 0 Å². The van der Waals surface area contributed by atoms with Gasteiger partial charge in [-0.15, -0.1) is 0 Å². The molecule has 0 saturated heterocycles. The van der Waals surface area contributed by atoms with Crippen molar-refractivity contribution in [1.82, 2.24) is 5.43 Å². The minimum absolute atomic E-state index is 0.379. The van der Waals surface area contributed by atoms with E-state index in [2.05, 4.69) is 10.5 Å². The lowest BCUT2D eigenvalue weighted by atomic mass is 10.2. The highest BCUT2D eigenvalue weighted by Crippen LogP contribution is 2.39. The summed E-state index contributed by atoms with van der Waals surface area (Å²) in [5.41, 5.74) is 3.45. The van der Waals surface area contributed by atoms with Crippen molar-refractivity contribution < 1.29 is 28.5 Å². The highest BCUT2D eigenvalue weighted by Gasteiger charge is 2.15. The first-order valence-corrected chi connectivity index (χ1v) is 7.94. The van der Waals surface area contributed by atoms with Gasteiger partial charge in [-0.25, -0.2) is 5.43 Å². The van der Waals surface area contributed by atoms with E-state index in [0.29, 0.717) is 39.9 Å². The lowest BCUT2D eigenvalue weighted by Gasteiger charge is -2.13. The van der Waals surface area contributed by atoms with E-state index in [0.717, 1.165) is 0 Å². The van der Waals surface area contributed by atoms with Crippen molar-refractivity contribution in [2.75, 3.05) is 35.5 Å². The Morgan fingerprint density at radius 1 is 0.815 bits per heavy atom. The SMILES string of the molecule is COc1ccc(C(=O)N/N=C/c2ccc(OC)c(OC)c2OC)cc1OC. The van der Waals surface area contributed by atoms with Gasteiger partial charge in [0.15, 0.2) is 23.0 Å². The van der Waals surface area contributed by atoms with Crippen LogP contribution in [0.15, 0.2) is 35.4 Å². The topological polar surface area (TPSA) is 87.6 Å². The maximum Gasteiger partial charge on any atom is 0.271 e. The van der Waals surface area contributed by atoms with Crippen LogP contribution < -0.4 is 29.1 Å². The highest BCUT2D eigenvalue weighted by atomic mass is 16.5. The van der Waals surface area contributed by atoms with Gasteiger partial charge in [0.05, 0.1) is 41.8 Å². The van der Waals surface area contributed by atoms with Crippen molar-refractivity contribution in [1.29, 1.82) is 0 Å².